The average molecular weight is 144 g/mol. The maximum Gasteiger partial charge on any atom is 0.307 e. The predicted molar refractivity (Wildman–Crippen MR) is 34.7 cm³/mol. The molecule has 4 nitrogen and oxygen atoms in total. The molecule has 0 fully saturated rings. The van der Waals surface area contributed by atoms with Gasteiger partial charge in [0.2, 0.25) is 0 Å². The van der Waals surface area contributed by atoms with Crippen LogP contribution in [0.1, 0.15) is 6.42 Å². The van der Waals surface area contributed by atoms with Gasteiger partial charge in [0.25, 0.3) is 5.95 Å². The SMILES string of the molecule is O=C(O)C/C=C/C=C(O)O. The lowest BCUT2D eigenvalue weighted by Gasteiger charge is -1.82. The number of carboxylic acid groups (broad SMARTS) is 1. The van der Waals surface area contributed by atoms with E-state index in [-0.39, 0.29) is 6.42 Å². The molecule has 0 heterocycles. The minimum Gasteiger partial charge on any atom is -0.481 e. The quantitative estimate of drug-likeness (QED) is 0.407. The summed E-state index contributed by atoms with van der Waals surface area (Å²) in [6, 6.07) is 0. The molecule has 0 aromatic heterocycles. The summed E-state index contributed by atoms with van der Waals surface area (Å²) in [6.45, 7) is 0. The summed E-state index contributed by atoms with van der Waals surface area (Å²) >= 11 is 0. The van der Waals surface area contributed by atoms with Gasteiger partial charge in [-0.3, -0.25) is 4.79 Å². The Morgan fingerprint density at radius 2 is 1.90 bits per heavy atom. The molecular formula is C6H8O4. The molecule has 0 radical (unpaired) electrons. The normalized spacial score (nSPS) is 9.60. The molecule has 56 valence electrons. The summed E-state index contributed by atoms with van der Waals surface area (Å²) < 4.78 is 0. The second kappa shape index (κ2) is 4.43. The zero-order valence-electron chi connectivity index (χ0n) is 5.19. The van der Waals surface area contributed by atoms with Crippen molar-refractivity contribution in [2.45, 2.75) is 6.42 Å². The first kappa shape index (κ1) is 8.55. The molecule has 0 amide bonds. The Labute approximate surface area is 57.7 Å². The van der Waals surface area contributed by atoms with Crippen LogP contribution in [-0.2, 0) is 4.79 Å². The molecule has 0 saturated carbocycles. The van der Waals surface area contributed by atoms with E-state index in [1.54, 1.807) is 0 Å². The van der Waals surface area contributed by atoms with Crippen LogP contribution in [-0.4, -0.2) is 21.3 Å². The highest BCUT2D eigenvalue weighted by Gasteiger charge is 1.87. The van der Waals surface area contributed by atoms with Crippen molar-refractivity contribution >= 4 is 5.97 Å². The minimum absolute atomic E-state index is 0.121. The van der Waals surface area contributed by atoms with E-state index in [1.807, 2.05) is 0 Å². The third kappa shape index (κ3) is 6.55. The van der Waals surface area contributed by atoms with E-state index < -0.39 is 11.9 Å². The van der Waals surface area contributed by atoms with E-state index in [9.17, 15) is 4.79 Å². The van der Waals surface area contributed by atoms with Crippen LogP contribution < -0.4 is 0 Å². The summed E-state index contributed by atoms with van der Waals surface area (Å²) in [5.74, 6) is -1.79. The van der Waals surface area contributed by atoms with Crippen LogP contribution in [0.3, 0.4) is 0 Å². The number of aliphatic carboxylic acids is 1. The highest BCUT2D eigenvalue weighted by Crippen LogP contribution is 1.85. The standard InChI is InChI=1S/C6H8O4/c7-5(8)3-1-2-4-6(9)10/h1-3,7-8H,4H2,(H,9,10)/b2-1+. The number of hydrogen-bond acceptors (Lipinski definition) is 3. The fourth-order valence-electron chi connectivity index (χ4n) is 0.323. The molecular weight excluding hydrogens is 136 g/mol. The third-order valence-electron chi connectivity index (χ3n) is 0.674. The third-order valence-corrected chi connectivity index (χ3v) is 0.674. The Hall–Kier alpha value is -1.45. The maximum atomic E-state index is 9.85. The van der Waals surface area contributed by atoms with Crippen LogP contribution in [0.2, 0.25) is 0 Å². The van der Waals surface area contributed by atoms with Gasteiger partial charge in [0, 0.05) is 6.08 Å². The summed E-state index contributed by atoms with van der Waals surface area (Å²) in [4.78, 5) is 9.85. The number of allylic oxidation sites excluding steroid dienone is 2. The number of aliphatic hydroxyl groups is 2. The molecule has 0 saturated heterocycles. The Bertz CT molecular complexity index is 165. The minimum atomic E-state index is -0.956. The summed E-state index contributed by atoms with van der Waals surface area (Å²) in [5, 5.41) is 24.4. The Kier molecular flexibility index (Phi) is 3.79. The summed E-state index contributed by atoms with van der Waals surface area (Å²) in [5.41, 5.74) is 0. The maximum absolute atomic E-state index is 9.85. The molecule has 10 heavy (non-hydrogen) atoms. The zero-order chi connectivity index (χ0) is 7.98. The highest BCUT2D eigenvalue weighted by atomic mass is 16.5. The molecule has 0 unspecified atom stereocenters. The Morgan fingerprint density at radius 1 is 1.30 bits per heavy atom. The van der Waals surface area contributed by atoms with Crippen LogP contribution in [0.4, 0.5) is 0 Å². The first-order valence-electron chi connectivity index (χ1n) is 2.59. The molecule has 0 aliphatic carbocycles. The van der Waals surface area contributed by atoms with Crippen molar-refractivity contribution in [3.05, 3.63) is 24.2 Å². The lowest BCUT2D eigenvalue weighted by Crippen LogP contribution is -1.89. The smallest absolute Gasteiger partial charge is 0.307 e. The van der Waals surface area contributed by atoms with Gasteiger partial charge in [0.15, 0.2) is 0 Å². The van der Waals surface area contributed by atoms with Gasteiger partial charge in [-0.1, -0.05) is 12.2 Å². The Balaban J connectivity index is 3.58. The van der Waals surface area contributed by atoms with Gasteiger partial charge in [-0.15, -0.1) is 0 Å². The van der Waals surface area contributed by atoms with Gasteiger partial charge in [0.05, 0.1) is 6.42 Å². The second-order valence-corrected chi connectivity index (χ2v) is 1.55. The number of carbonyl (C=O) groups is 1. The molecule has 0 aliphatic heterocycles. The van der Waals surface area contributed by atoms with Crippen LogP contribution in [0.5, 0.6) is 0 Å². The molecule has 0 rings (SSSR count). The molecule has 0 bridgehead atoms. The van der Waals surface area contributed by atoms with E-state index in [0.29, 0.717) is 0 Å². The van der Waals surface area contributed by atoms with E-state index in [4.69, 9.17) is 15.3 Å². The Morgan fingerprint density at radius 3 is 2.30 bits per heavy atom. The van der Waals surface area contributed by atoms with Gasteiger partial charge in [-0.2, -0.15) is 0 Å². The summed E-state index contributed by atoms with van der Waals surface area (Å²) in [6.07, 6.45) is 3.42. The van der Waals surface area contributed by atoms with Crippen LogP contribution in [0.15, 0.2) is 24.2 Å². The molecule has 0 aliphatic rings. The second-order valence-electron chi connectivity index (χ2n) is 1.55. The van der Waals surface area contributed by atoms with Gasteiger partial charge >= 0.3 is 5.97 Å². The fourth-order valence-corrected chi connectivity index (χ4v) is 0.323. The van der Waals surface area contributed by atoms with Crippen molar-refractivity contribution in [3.63, 3.8) is 0 Å². The molecule has 0 atom stereocenters. The van der Waals surface area contributed by atoms with Crippen molar-refractivity contribution < 1.29 is 20.1 Å². The van der Waals surface area contributed by atoms with E-state index in [1.165, 1.54) is 12.2 Å². The van der Waals surface area contributed by atoms with Crippen LogP contribution in [0.25, 0.3) is 0 Å². The number of aliphatic hydroxyl groups excluding tert-OH is 1. The van der Waals surface area contributed by atoms with Crippen molar-refractivity contribution in [1.82, 2.24) is 0 Å². The van der Waals surface area contributed by atoms with E-state index in [0.717, 1.165) is 6.08 Å². The fraction of sp³-hybridized carbons (Fsp3) is 0.167. The largest absolute Gasteiger partial charge is 0.481 e. The van der Waals surface area contributed by atoms with Crippen molar-refractivity contribution in [1.29, 1.82) is 0 Å². The monoisotopic (exact) mass is 144 g/mol. The van der Waals surface area contributed by atoms with Gasteiger partial charge in [-0.05, 0) is 0 Å². The van der Waals surface area contributed by atoms with Gasteiger partial charge in [-0.25, -0.2) is 0 Å². The topological polar surface area (TPSA) is 77.8 Å². The van der Waals surface area contributed by atoms with Gasteiger partial charge in [0.1, 0.15) is 0 Å². The number of hydrogen-bond donors (Lipinski definition) is 3. The first-order valence-corrected chi connectivity index (χ1v) is 2.59. The van der Waals surface area contributed by atoms with Crippen LogP contribution >= 0.6 is 0 Å². The molecule has 0 spiro atoms. The average Bonchev–Trinajstić information content (AvgIpc) is 1.79. The van der Waals surface area contributed by atoms with E-state index >= 15 is 0 Å². The predicted octanol–water partition coefficient (Wildman–Crippen LogP) is 0.975. The lowest BCUT2D eigenvalue weighted by atomic mass is 10.4. The zero-order valence-corrected chi connectivity index (χ0v) is 5.19. The highest BCUT2D eigenvalue weighted by molar-refractivity contribution is 5.68. The number of rotatable bonds is 3. The van der Waals surface area contributed by atoms with Gasteiger partial charge < -0.3 is 15.3 Å². The first-order chi connectivity index (χ1) is 4.63. The molecule has 0 aromatic rings. The lowest BCUT2D eigenvalue weighted by molar-refractivity contribution is -0.136. The van der Waals surface area contributed by atoms with Crippen molar-refractivity contribution in [3.8, 4) is 0 Å². The number of carboxylic acids is 1. The summed E-state index contributed by atoms with van der Waals surface area (Å²) in [7, 11) is 0. The molecule has 4 heteroatoms. The van der Waals surface area contributed by atoms with Crippen molar-refractivity contribution in [2.24, 2.45) is 0 Å². The molecule has 0 aromatic carbocycles. The van der Waals surface area contributed by atoms with Crippen LogP contribution in [0, 0.1) is 0 Å². The van der Waals surface area contributed by atoms with Crippen molar-refractivity contribution in [2.75, 3.05) is 0 Å². The molecule has 3 N–H and O–H groups in total. The van der Waals surface area contributed by atoms with E-state index in [2.05, 4.69) is 0 Å².